The summed E-state index contributed by atoms with van der Waals surface area (Å²) in [5, 5.41) is 8.06. The Bertz CT molecular complexity index is 1380. The molecule has 4 rings (SSSR count). The second kappa shape index (κ2) is 10.3. The summed E-state index contributed by atoms with van der Waals surface area (Å²) >= 11 is 6.07. The molecule has 0 unspecified atom stereocenters. The SMILES string of the molecule is CCOc1ccc(Cl)c(C(=O)NC(=O)Nc2ccc(S(=O)(=O)Nc3ccc4c(c3)CNC4)cc2)c1. The van der Waals surface area contributed by atoms with E-state index in [-0.39, 0.29) is 15.5 Å². The number of ether oxygens (including phenoxy) is 1. The van der Waals surface area contributed by atoms with Crippen LogP contribution in [0.25, 0.3) is 0 Å². The van der Waals surface area contributed by atoms with Crippen molar-refractivity contribution in [2.75, 3.05) is 16.6 Å². The van der Waals surface area contributed by atoms with Gasteiger partial charge in [-0.2, -0.15) is 0 Å². The molecule has 0 fully saturated rings. The quantitative estimate of drug-likeness (QED) is 0.376. The average Bonchev–Trinajstić information content (AvgIpc) is 3.28. The molecular weight excluding hydrogens is 492 g/mol. The molecule has 0 aromatic heterocycles. The first-order chi connectivity index (χ1) is 16.7. The maximum absolute atomic E-state index is 12.7. The Morgan fingerprint density at radius 2 is 1.69 bits per heavy atom. The molecule has 1 aliphatic rings. The number of imide groups is 1. The molecule has 182 valence electrons. The fraction of sp³-hybridized carbons (Fsp3) is 0.167. The van der Waals surface area contributed by atoms with Crippen molar-refractivity contribution in [3.8, 4) is 5.75 Å². The molecule has 0 aliphatic carbocycles. The summed E-state index contributed by atoms with van der Waals surface area (Å²) in [6, 6.07) is 14.8. The number of anilines is 2. The number of halogens is 1. The van der Waals surface area contributed by atoms with Gasteiger partial charge < -0.3 is 15.4 Å². The number of hydrogen-bond acceptors (Lipinski definition) is 6. The van der Waals surface area contributed by atoms with Crippen molar-refractivity contribution in [1.82, 2.24) is 10.6 Å². The third-order valence-electron chi connectivity index (χ3n) is 5.23. The summed E-state index contributed by atoms with van der Waals surface area (Å²) in [5.74, 6) is -0.258. The topological polar surface area (TPSA) is 126 Å². The monoisotopic (exact) mass is 514 g/mol. The first-order valence-corrected chi connectivity index (χ1v) is 12.6. The predicted octanol–water partition coefficient (Wildman–Crippen LogP) is 4.10. The molecule has 0 radical (unpaired) electrons. The molecule has 11 heteroatoms. The van der Waals surface area contributed by atoms with Gasteiger partial charge in [0.2, 0.25) is 0 Å². The van der Waals surface area contributed by atoms with Crippen LogP contribution in [0.5, 0.6) is 5.75 Å². The molecule has 0 atom stereocenters. The maximum atomic E-state index is 12.7. The van der Waals surface area contributed by atoms with Gasteiger partial charge in [0.15, 0.2) is 0 Å². The number of amides is 3. The molecule has 3 aromatic rings. The third-order valence-corrected chi connectivity index (χ3v) is 6.96. The number of urea groups is 1. The van der Waals surface area contributed by atoms with Crippen LogP contribution in [-0.4, -0.2) is 27.0 Å². The number of benzene rings is 3. The molecule has 0 saturated carbocycles. The summed E-state index contributed by atoms with van der Waals surface area (Å²) in [7, 11) is -3.82. The minimum atomic E-state index is -3.82. The highest BCUT2D eigenvalue weighted by molar-refractivity contribution is 7.92. The summed E-state index contributed by atoms with van der Waals surface area (Å²) in [6.07, 6.45) is 0. The lowest BCUT2D eigenvalue weighted by molar-refractivity contribution is 0.0966. The Labute approximate surface area is 207 Å². The fourth-order valence-electron chi connectivity index (χ4n) is 3.56. The molecule has 4 N–H and O–H groups in total. The molecule has 3 aromatic carbocycles. The number of fused-ring (bicyclic) bond motifs is 1. The van der Waals surface area contributed by atoms with E-state index < -0.39 is 22.0 Å². The molecule has 1 heterocycles. The van der Waals surface area contributed by atoms with Crippen molar-refractivity contribution in [3.05, 3.63) is 82.4 Å². The van der Waals surface area contributed by atoms with Crippen LogP contribution in [0.4, 0.5) is 16.2 Å². The first-order valence-electron chi connectivity index (χ1n) is 10.8. The van der Waals surface area contributed by atoms with E-state index in [1.54, 1.807) is 25.1 Å². The van der Waals surface area contributed by atoms with E-state index in [1.165, 1.54) is 36.4 Å². The average molecular weight is 515 g/mol. The standard InChI is InChI=1S/C24H23ClN4O5S/c1-2-34-19-7-10-22(25)21(12-19)23(30)28-24(31)27-17-5-8-20(9-6-17)35(32,33)29-18-4-3-15-13-26-14-16(15)11-18/h3-12,26,29H,2,13-14H2,1H3,(H2,27,28,30,31). The molecule has 3 amide bonds. The van der Waals surface area contributed by atoms with E-state index in [9.17, 15) is 18.0 Å². The van der Waals surface area contributed by atoms with Gasteiger partial charge in [-0.3, -0.25) is 14.8 Å². The zero-order valence-electron chi connectivity index (χ0n) is 18.7. The van der Waals surface area contributed by atoms with E-state index in [2.05, 4.69) is 20.7 Å². The Morgan fingerprint density at radius 3 is 2.43 bits per heavy atom. The van der Waals surface area contributed by atoms with Crippen molar-refractivity contribution >= 4 is 44.9 Å². The second-order valence-electron chi connectivity index (χ2n) is 7.70. The van der Waals surface area contributed by atoms with Gasteiger partial charge in [-0.05, 0) is 72.6 Å². The Kier molecular flexibility index (Phi) is 7.25. The summed E-state index contributed by atoms with van der Waals surface area (Å²) in [4.78, 5) is 24.8. The summed E-state index contributed by atoms with van der Waals surface area (Å²) < 4.78 is 33.4. The van der Waals surface area contributed by atoms with Crippen LogP contribution in [-0.2, 0) is 23.1 Å². The lowest BCUT2D eigenvalue weighted by atomic mass is 10.1. The Balaban J connectivity index is 1.38. The van der Waals surface area contributed by atoms with Crippen LogP contribution in [0.3, 0.4) is 0 Å². The number of nitrogens with one attached hydrogen (secondary N) is 4. The lowest BCUT2D eigenvalue weighted by Crippen LogP contribution is -2.34. The van der Waals surface area contributed by atoms with Gasteiger partial charge in [-0.1, -0.05) is 17.7 Å². The second-order valence-corrected chi connectivity index (χ2v) is 9.79. The normalized spacial score (nSPS) is 12.5. The number of rotatable bonds is 7. The van der Waals surface area contributed by atoms with E-state index in [1.807, 2.05) is 6.07 Å². The zero-order valence-corrected chi connectivity index (χ0v) is 20.3. The number of carbonyl (C=O) groups excluding carboxylic acids is 2. The van der Waals surface area contributed by atoms with E-state index in [4.69, 9.17) is 16.3 Å². The van der Waals surface area contributed by atoms with Gasteiger partial charge >= 0.3 is 6.03 Å². The van der Waals surface area contributed by atoms with Crippen LogP contribution in [0.1, 0.15) is 28.4 Å². The van der Waals surface area contributed by atoms with Crippen molar-refractivity contribution in [1.29, 1.82) is 0 Å². The molecule has 0 bridgehead atoms. The van der Waals surface area contributed by atoms with Crippen molar-refractivity contribution in [3.63, 3.8) is 0 Å². The zero-order chi connectivity index (χ0) is 25.0. The first kappa shape index (κ1) is 24.5. The van der Waals surface area contributed by atoms with E-state index >= 15 is 0 Å². The molecular formula is C24H23ClN4O5S. The number of hydrogen-bond donors (Lipinski definition) is 4. The van der Waals surface area contributed by atoms with E-state index in [0.29, 0.717) is 30.3 Å². The number of sulfonamides is 1. The van der Waals surface area contributed by atoms with Gasteiger partial charge in [0, 0.05) is 24.5 Å². The van der Waals surface area contributed by atoms with E-state index in [0.717, 1.165) is 17.7 Å². The van der Waals surface area contributed by atoms with Crippen LogP contribution in [0, 0.1) is 0 Å². The van der Waals surface area contributed by atoms with Gasteiger partial charge in [0.05, 0.1) is 22.1 Å². The largest absolute Gasteiger partial charge is 0.494 e. The molecule has 0 spiro atoms. The van der Waals surface area contributed by atoms with Gasteiger partial charge in [0.1, 0.15) is 5.75 Å². The van der Waals surface area contributed by atoms with Crippen molar-refractivity contribution in [2.24, 2.45) is 0 Å². The Hall–Kier alpha value is -3.60. The van der Waals surface area contributed by atoms with Crippen LogP contribution >= 0.6 is 11.6 Å². The van der Waals surface area contributed by atoms with Crippen molar-refractivity contribution < 1.29 is 22.7 Å². The van der Waals surface area contributed by atoms with Crippen LogP contribution < -0.4 is 25.4 Å². The highest BCUT2D eigenvalue weighted by Crippen LogP contribution is 2.24. The summed E-state index contributed by atoms with van der Waals surface area (Å²) in [6.45, 7) is 3.68. The maximum Gasteiger partial charge on any atom is 0.326 e. The lowest BCUT2D eigenvalue weighted by Gasteiger charge is -2.11. The van der Waals surface area contributed by atoms with Crippen molar-refractivity contribution in [2.45, 2.75) is 24.9 Å². The third kappa shape index (κ3) is 5.91. The smallest absolute Gasteiger partial charge is 0.326 e. The summed E-state index contributed by atoms with van der Waals surface area (Å²) in [5.41, 5.74) is 3.05. The Morgan fingerprint density at radius 1 is 0.971 bits per heavy atom. The van der Waals surface area contributed by atoms with Gasteiger partial charge in [-0.15, -0.1) is 0 Å². The van der Waals surface area contributed by atoms with Gasteiger partial charge in [-0.25, -0.2) is 13.2 Å². The fourth-order valence-corrected chi connectivity index (χ4v) is 4.81. The predicted molar refractivity (Wildman–Crippen MR) is 133 cm³/mol. The van der Waals surface area contributed by atoms with Crippen LogP contribution in [0.15, 0.2) is 65.6 Å². The van der Waals surface area contributed by atoms with Crippen LogP contribution in [0.2, 0.25) is 5.02 Å². The molecule has 9 nitrogen and oxygen atoms in total. The highest BCUT2D eigenvalue weighted by Gasteiger charge is 2.18. The minimum Gasteiger partial charge on any atom is -0.494 e. The minimum absolute atomic E-state index is 0.0256. The highest BCUT2D eigenvalue weighted by atomic mass is 35.5. The molecule has 35 heavy (non-hydrogen) atoms. The number of carbonyl (C=O) groups is 2. The van der Waals surface area contributed by atoms with Gasteiger partial charge in [0.25, 0.3) is 15.9 Å². The molecule has 1 aliphatic heterocycles. The molecule has 0 saturated heterocycles.